The second kappa shape index (κ2) is 7.96. The molecular weight excluding hydrogens is 402 g/mol. The van der Waals surface area contributed by atoms with Crippen LogP contribution < -0.4 is 5.73 Å². The molecule has 32 heavy (non-hydrogen) atoms. The van der Waals surface area contributed by atoms with Gasteiger partial charge in [0.2, 0.25) is 0 Å². The van der Waals surface area contributed by atoms with Gasteiger partial charge in [0.15, 0.2) is 11.5 Å². The van der Waals surface area contributed by atoms with Crippen LogP contribution in [0.5, 0.6) is 0 Å². The van der Waals surface area contributed by atoms with Crippen molar-refractivity contribution in [1.82, 2.24) is 29.4 Å². The van der Waals surface area contributed by atoms with Gasteiger partial charge in [-0.05, 0) is 43.2 Å². The molecule has 2 N–H and O–H groups in total. The van der Waals surface area contributed by atoms with Crippen LogP contribution in [-0.4, -0.2) is 68.5 Å². The summed E-state index contributed by atoms with van der Waals surface area (Å²) in [6.45, 7) is 4.13. The van der Waals surface area contributed by atoms with Gasteiger partial charge in [0.1, 0.15) is 5.69 Å². The van der Waals surface area contributed by atoms with Crippen LogP contribution in [0.15, 0.2) is 48.7 Å². The van der Waals surface area contributed by atoms with Crippen molar-refractivity contribution in [2.45, 2.75) is 25.4 Å². The number of hydrogen-bond acceptors (Lipinski definition) is 6. The van der Waals surface area contributed by atoms with Crippen molar-refractivity contribution in [2.24, 2.45) is 5.73 Å². The minimum absolute atomic E-state index is 0.0488. The largest absolute Gasteiger partial charge is 0.345 e. The number of carbonyl (C=O) groups is 1. The Labute approximate surface area is 186 Å². The Kier molecular flexibility index (Phi) is 5.11. The van der Waals surface area contributed by atoms with E-state index in [9.17, 15) is 4.79 Å². The lowest BCUT2D eigenvalue weighted by molar-refractivity contribution is 0.0827. The number of amides is 1. The number of hydrogen-bond donors (Lipinski definition) is 1. The molecule has 3 aromatic heterocycles. The Bertz CT molecular complexity index is 1310. The molecule has 1 aromatic carbocycles. The molecule has 4 aromatic rings. The molecule has 0 aliphatic carbocycles. The number of aromatic nitrogens is 4. The summed E-state index contributed by atoms with van der Waals surface area (Å²) in [5, 5.41) is 9.71. The van der Waals surface area contributed by atoms with Gasteiger partial charge in [-0.2, -0.15) is 0 Å². The van der Waals surface area contributed by atoms with Crippen LogP contribution in [0.1, 0.15) is 35.3 Å². The molecule has 0 radical (unpaired) electrons. The van der Waals surface area contributed by atoms with E-state index in [0.29, 0.717) is 17.1 Å². The van der Waals surface area contributed by atoms with E-state index in [1.54, 1.807) is 19.0 Å². The predicted octanol–water partition coefficient (Wildman–Crippen LogP) is 2.74. The van der Waals surface area contributed by atoms with Gasteiger partial charge >= 0.3 is 0 Å². The lowest BCUT2D eigenvalue weighted by Gasteiger charge is -2.24. The Morgan fingerprint density at radius 2 is 1.97 bits per heavy atom. The molecule has 5 rings (SSSR count). The number of pyridine rings is 2. The number of likely N-dealkylation sites (tertiary alicyclic amines) is 1. The fourth-order valence-corrected chi connectivity index (χ4v) is 4.34. The standard InChI is InChI=1S/C24H27N7O/c1-15(30-11-10-19(25)14-30)18-7-9-22-27-28-23(31(22)13-18)20-8-6-16-4-5-17(12-21(16)26-20)24(32)29(2)3/h4-9,12-13,15,19H,10-11,14,25H2,1-3H3/t15-,19-/m0/s1. The second-order valence-electron chi connectivity index (χ2n) is 8.74. The molecule has 8 heteroatoms. The van der Waals surface area contributed by atoms with Crippen molar-refractivity contribution < 1.29 is 4.79 Å². The van der Waals surface area contributed by atoms with E-state index in [1.807, 2.05) is 40.8 Å². The fourth-order valence-electron chi connectivity index (χ4n) is 4.34. The van der Waals surface area contributed by atoms with Crippen molar-refractivity contribution in [3.63, 3.8) is 0 Å². The lowest BCUT2D eigenvalue weighted by Crippen LogP contribution is -2.28. The molecule has 0 unspecified atom stereocenters. The second-order valence-corrected chi connectivity index (χ2v) is 8.74. The maximum absolute atomic E-state index is 12.4. The average Bonchev–Trinajstić information content (AvgIpc) is 3.43. The summed E-state index contributed by atoms with van der Waals surface area (Å²) in [4.78, 5) is 21.2. The zero-order valence-electron chi connectivity index (χ0n) is 18.6. The van der Waals surface area contributed by atoms with Crippen LogP contribution in [0, 0.1) is 0 Å². The Morgan fingerprint density at radius 3 is 2.72 bits per heavy atom. The minimum atomic E-state index is -0.0488. The summed E-state index contributed by atoms with van der Waals surface area (Å²) in [7, 11) is 3.49. The zero-order chi connectivity index (χ0) is 22.4. The average molecular weight is 430 g/mol. The van der Waals surface area contributed by atoms with E-state index in [1.165, 1.54) is 5.56 Å². The topological polar surface area (TPSA) is 92.6 Å². The third kappa shape index (κ3) is 3.61. The van der Waals surface area contributed by atoms with Gasteiger partial charge in [-0.3, -0.25) is 14.1 Å². The molecule has 1 saturated heterocycles. The molecule has 0 saturated carbocycles. The van der Waals surface area contributed by atoms with Gasteiger partial charge in [-0.25, -0.2) is 4.98 Å². The van der Waals surface area contributed by atoms with Gasteiger partial charge in [0.25, 0.3) is 5.91 Å². The number of rotatable bonds is 4. The third-order valence-corrected chi connectivity index (χ3v) is 6.29. The zero-order valence-corrected chi connectivity index (χ0v) is 18.6. The highest BCUT2D eigenvalue weighted by atomic mass is 16.2. The van der Waals surface area contributed by atoms with Crippen molar-refractivity contribution in [2.75, 3.05) is 27.2 Å². The molecule has 1 fully saturated rings. The number of nitrogens with two attached hydrogens (primary N) is 1. The first-order valence-corrected chi connectivity index (χ1v) is 10.9. The summed E-state index contributed by atoms with van der Waals surface area (Å²) >= 11 is 0. The lowest BCUT2D eigenvalue weighted by atomic mass is 10.1. The van der Waals surface area contributed by atoms with E-state index < -0.39 is 0 Å². The summed E-state index contributed by atoms with van der Waals surface area (Å²) in [5.41, 5.74) is 10.1. The first-order chi connectivity index (χ1) is 15.4. The predicted molar refractivity (Wildman–Crippen MR) is 124 cm³/mol. The maximum atomic E-state index is 12.4. The van der Waals surface area contributed by atoms with E-state index in [4.69, 9.17) is 10.7 Å². The SMILES string of the molecule is C[C@@H](c1ccc2nnc(-c3ccc4ccc(C(=O)N(C)C)cc4n3)n2c1)N1CC[C@H](N)C1. The van der Waals surface area contributed by atoms with Gasteiger partial charge in [-0.15, -0.1) is 10.2 Å². The van der Waals surface area contributed by atoms with Gasteiger partial charge < -0.3 is 10.6 Å². The monoisotopic (exact) mass is 429 g/mol. The Balaban J connectivity index is 1.54. The van der Waals surface area contributed by atoms with Gasteiger partial charge in [-0.1, -0.05) is 18.2 Å². The van der Waals surface area contributed by atoms with Crippen molar-refractivity contribution in [3.8, 4) is 11.5 Å². The molecule has 164 valence electrons. The molecule has 8 nitrogen and oxygen atoms in total. The van der Waals surface area contributed by atoms with Crippen LogP contribution in [0.3, 0.4) is 0 Å². The third-order valence-electron chi connectivity index (χ3n) is 6.29. The van der Waals surface area contributed by atoms with Crippen LogP contribution >= 0.6 is 0 Å². The van der Waals surface area contributed by atoms with Crippen LogP contribution in [-0.2, 0) is 0 Å². The molecular formula is C24H27N7O. The Morgan fingerprint density at radius 1 is 1.16 bits per heavy atom. The number of nitrogens with zero attached hydrogens (tertiary/aromatic N) is 6. The minimum Gasteiger partial charge on any atom is -0.345 e. The van der Waals surface area contributed by atoms with Gasteiger partial charge in [0, 0.05) is 56.4 Å². The first-order valence-electron chi connectivity index (χ1n) is 10.9. The molecule has 0 bridgehead atoms. The summed E-state index contributed by atoms with van der Waals surface area (Å²) < 4.78 is 1.99. The highest BCUT2D eigenvalue weighted by Gasteiger charge is 2.25. The maximum Gasteiger partial charge on any atom is 0.253 e. The van der Waals surface area contributed by atoms with E-state index in [2.05, 4.69) is 34.3 Å². The molecule has 1 aliphatic rings. The van der Waals surface area contributed by atoms with Crippen LogP contribution in [0.25, 0.3) is 28.1 Å². The summed E-state index contributed by atoms with van der Waals surface area (Å²) in [5.74, 6) is 0.630. The Hall–Kier alpha value is -3.36. The molecule has 4 heterocycles. The molecule has 2 atom stereocenters. The van der Waals surface area contributed by atoms with Crippen molar-refractivity contribution in [1.29, 1.82) is 0 Å². The first kappa shape index (κ1) is 20.5. The summed E-state index contributed by atoms with van der Waals surface area (Å²) in [6, 6.07) is 14.1. The highest BCUT2D eigenvalue weighted by Crippen LogP contribution is 2.27. The van der Waals surface area contributed by atoms with Crippen LogP contribution in [0.2, 0.25) is 0 Å². The summed E-state index contributed by atoms with van der Waals surface area (Å²) in [6.07, 6.45) is 3.13. The normalized spacial score (nSPS) is 17.8. The van der Waals surface area contributed by atoms with Crippen molar-refractivity contribution in [3.05, 3.63) is 59.8 Å². The fraction of sp³-hybridized carbons (Fsp3) is 0.333. The quantitative estimate of drug-likeness (QED) is 0.536. The van der Waals surface area contributed by atoms with E-state index in [-0.39, 0.29) is 18.0 Å². The van der Waals surface area contributed by atoms with Crippen molar-refractivity contribution >= 4 is 22.5 Å². The number of benzene rings is 1. The molecule has 0 spiro atoms. The highest BCUT2D eigenvalue weighted by molar-refractivity contribution is 5.97. The molecule has 1 aliphatic heterocycles. The van der Waals surface area contributed by atoms with E-state index >= 15 is 0 Å². The smallest absolute Gasteiger partial charge is 0.253 e. The number of carbonyl (C=O) groups excluding carboxylic acids is 1. The molecule has 1 amide bonds. The van der Waals surface area contributed by atoms with Gasteiger partial charge in [0.05, 0.1) is 5.52 Å². The van der Waals surface area contributed by atoms with Crippen LogP contribution in [0.4, 0.5) is 0 Å². The van der Waals surface area contributed by atoms with E-state index in [0.717, 1.165) is 36.1 Å². The number of fused-ring (bicyclic) bond motifs is 2.